The third kappa shape index (κ3) is 1.31. The summed E-state index contributed by atoms with van der Waals surface area (Å²) in [5, 5.41) is 19.2. The summed E-state index contributed by atoms with van der Waals surface area (Å²) in [5.41, 5.74) is 0.227. The molecule has 76 valence electrons. The first-order valence-electron chi connectivity index (χ1n) is 4.33. The SMILES string of the molecule is O=C(O)CC1(O)CCc2c1c[nH]c2Cl. The maximum absolute atomic E-state index is 10.6. The highest BCUT2D eigenvalue weighted by atomic mass is 35.5. The molecule has 0 amide bonds. The predicted octanol–water partition coefficient (Wildman–Crippen LogP) is 1.28. The third-order valence-electron chi connectivity index (χ3n) is 2.67. The van der Waals surface area contributed by atoms with Gasteiger partial charge in [-0.25, -0.2) is 0 Å². The average Bonchev–Trinajstić information content (AvgIpc) is 2.55. The van der Waals surface area contributed by atoms with E-state index in [1.165, 1.54) is 0 Å². The molecule has 0 saturated carbocycles. The quantitative estimate of drug-likeness (QED) is 0.696. The van der Waals surface area contributed by atoms with Gasteiger partial charge in [0.05, 0.1) is 6.42 Å². The number of aliphatic hydroxyl groups is 1. The number of carbonyl (C=O) groups is 1. The van der Waals surface area contributed by atoms with Crippen LogP contribution >= 0.6 is 11.6 Å². The van der Waals surface area contributed by atoms with Gasteiger partial charge in [0, 0.05) is 11.8 Å². The highest BCUT2D eigenvalue weighted by Gasteiger charge is 2.40. The lowest BCUT2D eigenvalue weighted by molar-refractivity contribution is -0.142. The molecule has 0 aromatic carbocycles. The highest BCUT2D eigenvalue weighted by Crippen LogP contribution is 2.42. The zero-order valence-corrected chi connectivity index (χ0v) is 8.14. The number of hydrogen-bond donors (Lipinski definition) is 3. The fourth-order valence-corrected chi connectivity index (χ4v) is 2.24. The Balaban J connectivity index is 2.37. The monoisotopic (exact) mass is 215 g/mol. The van der Waals surface area contributed by atoms with Gasteiger partial charge in [0.15, 0.2) is 0 Å². The van der Waals surface area contributed by atoms with Crippen LogP contribution in [0, 0.1) is 0 Å². The van der Waals surface area contributed by atoms with E-state index in [1.54, 1.807) is 6.20 Å². The molecular weight excluding hydrogens is 206 g/mol. The van der Waals surface area contributed by atoms with E-state index in [-0.39, 0.29) is 6.42 Å². The molecule has 5 heteroatoms. The summed E-state index contributed by atoms with van der Waals surface area (Å²) in [7, 11) is 0. The summed E-state index contributed by atoms with van der Waals surface area (Å²) in [5.74, 6) is -1.00. The molecule has 4 nitrogen and oxygen atoms in total. The second-order valence-electron chi connectivity index (χ2n) is 3.60. The fraction of sp³-hybridized carbons (Fsp3) is 0.444. The van der Waals surface area contributed by atoms with Crippen LogP contribution in [0.25, 0.3) is 0 Å². The highest BCUT2D eigenvalue weighted by molar-refractivity contribution is 6.30. The molecule has 3 N–H and O–H groups in total. The Hall–Kier alpha value is -1.00. The summed E-state index contributed by atoms with van der Waals surface area (Å²) in [6.45, 7) is 0. The largest absolute Gasteiger partial charge is 0.481 e. The number of rotatable bonds is 2. The number of halogens is 1. The molecule has 1 aromatic rings. The van der Waals surface area contributed by atoms with E-state index in [0.717, 1.165) is 5.56 Å². The van der Waals surface area contributed by atoms with Crippen molar-refractivity contribution in [2.75, 3.05) is 0 Å². The van der Waals surface area contributed by atoms with Crippen molar-refractivity contribution in [3.05, 3.63) is 22.5 Å². The van der Waals surface area contributed by atoms with Crippen LogP contribution in [0.1, 0.15) is 24.0 Å². The van der Waals surface area contributed by atoms with E-state index < -0.39 is 11.6 Å². The number of carboxylic acid groups (broad SMARTS) is 1. The normalized spacial score (nSPS) is 25.0. The Bertz CT molecular complexity index is 387. The molecule has 1 aliphatic rings. The van der Waals surface area contributed by atoms with Crippen LogP contribution in [0.3, 0.4) is 0 Å². The second-order valence-corrected chi connectivity index (χ2v) is 3.97. The van der Waals surface area contributed by atoms with E-state index in [1.807, 2.05) is 0 Å². The van der Waals surface area contributed by atoms with Crippen LogP contribution in [0.2, 0.25) is 5.15 Å². The van der Waals surface area contributed by atoms with Gasteiger partial charge in [-0.3, -0.25) is 4.79 Å². The van der Waals surface area contributed by atoms with Gasteiger partial charge < -0.3 is 15.2 Å². The van der Waals surface area contributed by atoms with Gasteiger partial charge in [-0.15, -0.1) is 0 Å². The first-order chi connectivity index (χ1) is 6.53. The summed E-state index contributed by atoms with van der Waals surface area (Å²) < 4.78 is 0. The predicted molar refractivity (Wildman–Crippen MR) is 50.3 cm³/mol. The van der Waals surface area contributed by atoms with Crippen LogP contribution < -0.4 is 0 Å². The molecule has 1 unspecified atom stereocenters. The molecule has 14 heavy (non-hydrogen) atoms. The van der Waals surface area contributed by atoms with Crippen molar-refractivity contribution in [3.63, 3.8) is 0 Å². The van der Waals surface area contributed by atoms with Crippen molar-refractivity contribution in [2.24, 2.45) is 0 Å². The topological polar surface area (TPSA) is 73.3 Å². The fourth-order valence-electron chi connectivity index (χ4n) is 1.99. The number of fused-ring (bicyclic) bond motifs is 1. The van der Waals surface area contributed by atoms with Crippen molar-refractivity contribution in [1.82, 2.24) is 4.98 Å². The van der Waals surface area contributed by atoms with E-state index in [9.17, 15) is 9.90 Å². The Kier molecular flexibility index (Phi) is 2.05. The smallest absolute Gasteiger partial charge is 0.306 e. The van der Waals surface area contributed by atoms with Gasteiger partial charge in [0.1, 0.15) is 10.8 Å². The Morgan fingerprint density at radius 1 is 1.71 bits per heavy atom. The number of hydrogen-bond acceptors (Lipinski definition) is 2. The average molecular weight is 216 g/mol. The van der Waals surface area contributed by atoms with Gasteiger partial charge in [0.2, 0.25) is 0 Å². The molecule has 0 bridgehead atoms. The molecule has 0 saturated heterocycles. The minimum absolute atomic E-state index is 0.270. The molecule has 1 aromatic heterocycles. The maximum Gasteiger partial charge on any atom is 0.306 e. The van der Waals surface area contributed by atoms with Gasteiger partial charge in [-0.2, -0.15) is 0 Å². The van der Waals surface area contributed by atoms with Gasteiger partial charge in [-0.1, -0.05) is 11.6 Å². The molecule has 2 rings (SSSR count). The first-order valence-corrected chi connectivity index (χ1v) is 4.71. The molecular formula is C9H10ClNO3. The van der Waals surface area contributed by atoms with E-state index in [4.69, 9.17) is 16.7 Å². The van der Waals surface area contributed by atoms with E-state index in [2.05, 4.69) is 4.98 Å². The minimum atomic E-state index is -1.25. The van der Waals surface area contributed by atoms with Crippen molar-refractivity contribution in [1.29, 1.82) is 0 Å². The number of aromatic amines is 1. The zero-order chi connectivity index (χ0) is 10.3. The second kappa shape index (κ2) is 3.00. The van der Waals surface area contributed by atoms with E-state index >= 15 is 0 Å². The van der Waals surface area contributed by atoms with Crippen LogP contribution in [0.4, 0.5) is 0 Å². The zero-order valence-electron chi connectivity index (χ0n) is 7.38. The maximum atomic E-state index is 10.6. The number of nitrogens with one attached hydrogen (secondary N) is 1. The Labute approximate surface area is 85.5 Å². The lowest BCUT2D eigenvalue weighted by Crippen LogP contribution is -2.25. The van der Waals surface area contributed by atoms with Crippen LogP contribution in [0.5, 0.6) is 0 Å². The number of aromatic nitrogens is 1. The minimum Gasteiger partial charge on any atom is -0.481 e. The Morgan fingerprint density at radius 2 is 2.43 bits per heavy atom. The molecule has 1 aliphatic carbocycles. The van der Waals surface area contributed by atoms with Crippen LogP contribution in [-0.4, -0.2) is 21.2 Å². The van der Waals surface area contributed by atoms with Crippen LogP contribution in [0.15, 0.2) is 6.20 Å². The summed E-state index contributed by atoms with van der Waals surface area (Å²) in [4.78, 5) is 13.4. The van der Waals surface area contributed by atoms with Crippen molar-refractivity contribution in [2.45, 2.75) is 24.9 Å². The molecule has 0 fully saturated rings. The van der Waals surface area contributed by atoms with Crippen molar-refractivity contribution >= 4 is 17.6 Å². The van der Waals surface area contributed by atoms with Crippen molar-refractivity contribution < 1.29 is 15.0 Å². The first kappa shape index (κ1) is 9.55. The van der Waals surface area contributed by atoms with Gasteiger partial charge in [-0.05, 0) is 18.4 Å². The van der Waals surface area contributed by atoms with Gasteiger partial charge in [0.25, 0.3) is 0 Å². The van der Waals surface area contributed by atoms with Crippen molar-refractivity contribution in [3.8, 4) is 0 Å². The lowest BCUT2D eigenvalue weighted by atomic mass is 9.94. The molecule has 0 aliphatic heterocycles. The molecule has 1 heterocycles. The van der Waals surface area contributed by atoms with E-state index in [0.29, 0.717) is 23.6 Å². The molecule has 0 spiro atoms. The standard InChI is InChI=1S/C9H10ClNO3/c10-8-5-1-2-9(14,3-7(12)13)6(5)4-11-8/h4,11,14H,1-3H2,(H,12,13). The molecule has 1 atom stereocenters. The lowest BCUT2D eigenvalue weighted by Gasteiger charge is -2.20. The summed E-state index contributed by atoms with van der Waals surface area (Å²) in [6.07, 6.45) is 2.38. The Morgan fingerprint density at radius 3 is 3.07 bits per heavy atom. The third-order valence-corrected chi connectivity index (χ3v) is 3.00. The molecule has 0 radical (unpaired) electrons. The number of carboxylic acids is 1. The number of aliphatic carboxylic acids is 1. The van der Waals surface area contributed by atoms with Crippen LogP contribution in [-0.2, 0) is 16.8 Å². The number of H-pyrrole nitrogens is 1. The van der Waals surface area contributed by atoms with Gasteiger partial charge >= 0.3 is 5.97 Å². The summed E-state index contributed by atoms with van der Waals surface area (Å²) in [6, 6.07) is 0. The summed E-state index contributed by atoms with van der Waals surface area (Å²) >= 11 is 5.83.